The normalized spacial score (nSPS) is 12.6. The molecule has 0 aromatic heterocycles. The number of aliphatic hydroxyl groups is 1. The second-order valence-electron chi connectivity index (χ2n) is 10.2. The first kappa shape index (κ1) is 34.9. The van der Waals surface area contributed by atoms with Crippen LogP contribution in [0.5, 0.6) is 0 Å². The first-order valence-corrected chi connectivity index (χ1v) is 15.4. The van der Waals surface area contributed by atoms with Crippen molar-refractivity contribution in [3.63, 3.8) is 0 Å². The van der Waals surface area contributed by atoms with Gasteiger partial charge in [0, 0.05) is 13.0 Å². The van der Waals surface area contributed by atoms with E-state index in [-0.39, 0.29) is 12.6 Å². The molecule has 0 aliphatic carbocycles. The van der Waals surface area contributed by atoms with Gasteiger partial charge in [0.05, 0.1) is 13.2 Å². The fourth-order valence-electron chi connectivity index (χ4n) is 4.19. The first-order chi connectivity index (χ1) is 17.7. The third kappa shape index (κ3) is 27.5. The van der Waals surface area contributed by atoms with Crippen molar-refractivity contribution in [1.82, 2.24) is 0 Å². The summed E-state index contributed by atoms with van der Waals surface area (Å²) in [7, 11) is 0. The predicted octanol–water partition coefficient (Wildman–Crippen LogP) is 9.25. The lowest BCUT2D eigenvalue weighted by molar-refractivity contribution is -0.154. The van der Waals surface area contributed by atoms with E-state index in [1.807, 2.05) is 0 Å². The van der Waals surface area contributed by atoms with Crippen molar-refractivity contribution in [2.45, 2.75) is 155 Å². The summed E-state index contributed by atoms with van der Waals surface area (Å²) in [5.74, 6) is -0.216. The van der Waals surface area contributed by atoms with Gasteiger partial charge in [-0.2, -0.15) is 0 Å². The zero-order chi connectivity index (χ0) is 26.4. The molecular weight excluding hydrogens is 448 g/mol. The van der Waals surface area contributed by atoms with Gasteiger partial charge >= 0.3 is 5.97 Å². The Labute approximate surface area is 224 Å². The van der Waals surface area contributed by atoms with Crippen LogP contribution in [0.2, 0.25) is 0 Å². The third-order valence-electron chi connectivity index (χ3n) is 6.51. The van der Waals surface area contributed by atoms with Crippen LogP contribution in [-0.2, 0) is 14.3 Å². The van der Waals surface area contributed by atoms with Gasteiger partial charge in [-0.25, -0.2) is 0 Å². The molecule has 0 rings (SSSR count). The maximum absolute atomic E-state index is 12.0. The van der Waals surface area contributed by atoms with Crippen LogP contribution in [0.3, 0.4) is 0 Å². The molecule has 0 amide bonds. The van der Waals surface area contributed by atoms with Gasteiger partial charge in [-0.1, -0.05) is 128 Å². The molecule has 0 fully saturated rings. The van der Waals surface area contributed by atoms with E-state index in [1.165, 1.54) is 89.9 Å². The van der Waals surface area contributed by atoms with Gasteiger partial charge in [0.25, 0.3) is 0 Å². The minimum Gasteiger partial charge on any atom is -0.457 e. The summed E-state index contributed by atoms with van der Waals surface area (Å²) >= 11 is 0. The first-order valence-electron chi connectivity index (χ1n) is 15.4. The largest absolute Gasteiger partial charge is 0.457 e. The number of carbonyl (C=O) groups excluding carboxylic acids is 1. The van der Waals surface area contributed by atoms with Gasteiger partial charge in [0.1, 0.15) is 6.10 Å². The molecule has 212 valence electrons. The standard InChI is InChI=1S/C32H60O4/c1-3-5-7-9-11-13-15-16-17-19-21-23-25-27-32(34)36-31(29-33)30-35-28-26-24-22-20-18-14-12-10-8-6-4-2/h7,9,13,15,31,33H,3-6,8,10-12,14,16-30H2,1-2H3/b9-7-,15-13-. The smallest absolute Gasteiger partial charge is 0.306 e. The lowest BCUT2D eigenvalue weighted by Gasteiger charge is -2.15. The van der Waals surface area contributed by atoms with E-state index in [1.54, 1.807) is 0 Å². The van der Waals surface area contributed by atoms with Crippen LogP contribution in [0.1, 0.15) is 149 Å². The van der Waals surface area contributed by atoms with Gasteiger partial charge in [-0.15, -0.1) is 0 Å². The van der Waals surface area contributed by atoms with Crippen molar-refractivity contribution in [2.75, 3.05) is 19.8 Å². The zero-order valence-corrected chi connectivity index (χ0v) is 24.0. The summed E-state index contributed by atoms with van der Waals surface area (Å²) in [5.41, 5.74) is 0. The van der Waals surface area contributed by atoms with E-state index in [0.717, 1.165) is 38.5 Å². The number of unbranched alkanes of at least 4 members (excludes halogenated alkanes) is 16. The summed E-state index contributed by atoms with van der Waals surface area (Å²) in [5, 5.41) is 9.48. The molecule has 0 aromatic rings. The van der Waals surface area contributed by atoms with Crippen molar-refractivity contribution in [3.8, 4) is 0 Å². The quantitative estimate of drug-likeness (QED) is 0.0650. The minimum atomic E-state index is -0.534. The van der Waals surface area contributed by atoms with Crippen molar-refractivity contribution >= 4 is 5.97 Å². The summed E-state index contributed by atoms with van der Waals surface area (Å²) in [6.07, 6.45) is 33.4. The third-order valence-corrected chi connectivity index (χ3v) is 6.51. The number of rotatable bonds is 28. The lowest BCUT2D eigenvalue weighted by Crippen LogP contribution is -2.27. The van der Waals surface area contributed by atoms with E-state index in [0.29, 0.717) is 19.6 Å². The number of carbonyl (C=O) groups is 1. The maximum atomic E-state index is 12.0. The molecule has 1 atom stereocenters. The highest BCUT2D eigenvalue weighted by Gasteiger charge is 2.13. The van der Waals surface area contributed by atoms with E-state index >= 15 is 0 Å². The average Bonchev–Trinajstić information content (AvgIpc) is 2.88. The molecule has 0 aromatic carbocycles. The Morgan fingerprint density at radius 3 is 1.83 bits per heavy atom. The van der Waals surface area contributed by atoms with Gasteiger partial charge < -0.3 is 14.6 Å². The van der Waals surface area contributed by atoms with Crippen LogP contribution in [-0.4, -0.2) is 37.0 Å². The number of aliphatic hydroxyl groups excluding tert-OH is 1. The van der Waals surface area contributed by atoms with Crippen LogP contribution in [0.15, 0.2) is 24.3 Å². The molecule has 0 heterocycles. The Bertz CT molecular complexity index is 500. The lowest BCUT2D eigenvalue weighted by atomic mass is 10.1. The van der Waals surface area contributed by atoms with Crippen LogP contribution < -0.4 is 0 Å². The van der Waals surface area contributed by atoms with Crippen molar-refractivity contribution in [2.24, 2.45) is 0 Å². The van der Waals surface area contributed by atoms with Crippen LogP contribution >= 0.6 is 0 Å². The van der Waals surface area contributed by atoms with E-state index < -0.39 is 6.10 Å². The molecule has 1 unspecified atom stereocenters. The van der Waals surface area contributed by atoms with E-state index in [4.69, 9.17) is 9.47 Å². The van der Waals surface area contributed by atoms with E-state index in [9.17, 15) is 9.90 Å². The molecule has 0 spiro atoms. The second kappa shape index (κ2) is 30.1. The number of hydrogen-bond donors (Lipinski definition) is 1. The topological polar surface area (TPSA) is 55.8 Å². The van der Waals surface area contributed by atoms with Crippen LogP contribution in [0.4, 0.5) is 0 Å². The van der Waals surface area contributed by atoms with Crippen molar-refractivity contribution in [3.05, 3.63) is 24.3 Å². The highest BCUT2D eigenvalue weighted by atomic mass is 16.6. The molecule has 0 aliphatic rings. The molecule has 4 heteroatoms. The fourth-order valence-corrected chi connectivity index (χ4v) is 4.19. The highest BCUT2D eigenvalue weighted by molar-refractivity contribution is 5.69. The number of hydrogen-bond acceptors (Lipinski definition) is 4. The second-order valence-corrected chi connectivity index (χ2v) is 10.2. The fraction of sp³-hybridized carbons (Fsp3) is 0.844. The monoisotopic (exact) mass is 508 g/mol. The maximum Gasteiger partial charge on any atom is 0.306 e. The Morgan fingerprint density at radius 1 is 0.667 bits per heavy atom. The van der Waals surface area contributed by atoms with Crippen molar-refractivity contribution < 1.29 is 19.4 Å². The Morgan fingerprint density at radius 2 is 1.22 bits per heavy atom. The number of allylic oxidation sites excluding steroid dienone is 4. The SMILES string of the molecule is CCC/C=C\C/C=C\CCCCCCCC(=O)OC(CO)COCCCCCCCCCCCCC. The van der Waals surface area contributed by atoms with Crippen molar-refractivity contribution in [1.29, 1.82) is 0 Å². The molecule has 1 N–H and O–H groups in total. The average molecular weight is 509 g/mol. The molecular formula is C32H60O4. The summed E-state index contributed by atoms with van der Waals surface area (Å²) in [4.78, 5) is 12.0. The van der Waals surface area contributed by atoms with Gasteiger partial charge in [0.15, 0.2) is 0 Å². The van der Waals surface area contributed by atoms with Gasteiger partial charge in [-0.05, 0) is 38.5 Å². The number of ether oxygens (including phenoxy) is 2. The zero-order valence-electron chi connectivity index (χ0n) is 24.0. The molecule has 0 saturated carbocycles. The summed E-state index contributed by atoms with van der Waals surface area (Å²) in [6, 6.07) is 0. The van der Waals surface area contributed by atoms with Gasteiger partial charge in [-0.3, -0.25) is 4.79 Å². The van der Waals surface area contributed by atoms with Gasteiger partial charge in [0.2, 0.25) is 0 Å². The molecule has 0 radical (unpaired) electrons. The Kier molecular flexibility index (Phi) is 29.2. The van der Waals surface area contributed by atoms with E-state index in [2.05, 4.69) is 38.2 Å². The Balaban J connectivity index is 3.48. The summed E-state index contributed by atoms with van der Waals surface area (Å²) < 4.78 is 11.0. The van der Waals surface area contributed by atoms with Crippen LogP contribution in [0.25, 0.3) is 0 Å². The predicted molar refractivity (Wildman–Crippen MR) is 154 cm³/mol. The molecule has 0 saturated heterocycles. The molecule has 0 bridgehead atoms. The Hall–Kier alpha value is -1.13. The molecule has 0 aliphatic heterocycles. The summed E-state index contributed by atoms with van der Waals surface area (Å²) in [6.45, 7) is 5.26. The molecule has 4 nitrogen and oxygen atoms in total. The highest BCUT2D eigenvalue weighted by Crippen LogP contribution is 2.12. The molecule has 36 heavy (non-hydrogen) atoms. The minimum absolute atomic E-state index is 0.175. The van der Waals surface area contributed by atoms with Crippen LogP contribution in [0, 0.1) is 0 Å². The number of esters is 1.